The van der Waals surface area contributed by atoms with Crippen molar-refractivity contribution in [1.82, 2.24) is 5.32 Å². The largest absolute Gasteiger partial charge is 0.394 e. The number of benzene rings is 1. The van der Waals surface area contributed by atoms with Gasteiger partial charge in [-0.25, -0.2) is 0 Å². The van der Waals surface area contributed by atoms with Crippen LogP contribution >= 0.6 is 0 Å². The molecule has 0 spiro atoms. The van der Waals surface area contributed by atoms with Crippen LogP contribution in [0.3, 0.4) is 0 Å². The Kier molecular flexibility index (Phi) is 5.12. The Bertz CT molecular complexity index is 353. The average Bonchev–Trinajstić information content (AvgIpc) is 2.37. The number of carbonyl (C=O) groups excluding carboxylic acids is 1. The van der Waals surface area contributed by atoms with Gasteiger partial charge in [0.25, 0.3) is 0 Å². The quantitative estimate of drug-likeness (QED) is 0.777. The Morgan fingerprint density at radius 1 is 1.41 bits per heavy atom. The van der Waals surface area contributed by atoms with Crippen LogP contribution in [0.2, 0.25) is 0 Å². The van der Waals surface area contributed by atoms with Crippen LogP contribution < -0.4 is 5.32 Å². The molecule has 0 aliphatic heterocycles. The van der Waals surface area contributed by atoms with Gasteiger partial charge in [0.1, 0.15) is 0 Å². The highest BCUT2D eigenvalue weighted by molar-refractivity contribution is 5.77. The van der Waals surface area contributed by atoms with E-state index in [-0.39, 0.29) is 12.5 Å². The Balaban J connectivity index is 2.72. The summed E-state index contributed by atoms with van der Waals surface area (Å²) in [5.74, 6) is -0.132. The van der Waals surface area contributed by atoms with E-state index in [4.69, 9.17) is 4.74 Å². The van der Waals surface area contributed by atoms with E-state index >= 15 is 0 Å². The number of rotatable bonds is 6. The minimum Gasteiger partial charge on any atom is -0.394 e. The van der Waals surface area contributed by atoms with Crippen molar-refractivity contribution in [3.8, 4) is 0 Å². The molecule has 0 heterocycles. The molecule has 1 unspecified atom stereocenters. The molecule has 0 bridgehead atoms. The van der Waals surface area contributed by atoms with Crippen LogP contribution in [-0.4, -0.2) is 31.3 Å². The summed E-state index contributed by atoms with van der Waals surface area (Å²) in [7, 11) is 1.55. The van der Waals surface area contributed by atoms with Crippen molar-refractivity contribution in [1.29, 1.82) is 0 Å². The number of methoxy groups -OCH3 is 1. The maximum atomic E-state index is 11.6. The topological polar surface area (TPSA) is 58.6 Å². The van der Waals surface area contributed by atoms with Crippen molar-refractivity contribution in [2.24, 2.45) is 0 Å². The summed E-state index contributed by atoms with van der Waals surface area (Å²) in [6.07, 6.45) is 0.291. The third kappa shape index (κ3) is 3.84. The fourth-order valence-corrected chi connectivity index (χ4v) is 1.57. The van der Waals surface area contributed by atoms with Crippen LogP contribution in [0.5, 0.6) is 0 Å². The highest BCUT2D eigenvalue weighted by Gasteiger charge is 2.27. The third-order valence-electron chi connectivity index (χ3n) is 2.68. The number of hydrogen-bond donors (Lipinski definition) is 2. The molecule has 0 aliphatic carbocycles. The molecular weight excluding hydrogens is 218 g/mol. The van der Waals surface area contributed by atoms with Crippen LogP contribution in [0.4, 0.5) is 0 Å². The second kappa shape index (κ2) is 6.37. The first-order chi connectivity index (χ1) is 8.12. The van der Waals surface area contributed by atoms with Gasteiger partial charge in [0.05, 0.1) is 18.8 Å². The molecule has 1 aromatic carbocycles. The smallest absolute Gasteiger partial charge is 0.223 e. The summed E-state index contributed by atoms with van der Waals surface area (Å²) in [6, 6.07) is 9.42. The molecule has 4 heteroatoms. The van der Waals surface area contributed by atoms with Gasteiger partial charge in [-0.3, -0.25) is 4.79 Å². The van der Waals surface area contributed by atoms with Gasteiger partial charge in [0.2, 0.25) is 5.91 Å². The van der Waals surface area contributed by atoms with Crippen LogP contribution in [0, 0.1) is 0 Å². The fourth-order valence-electron chi connectivity index (χ4n) is 1.57. The Hall–Kier alpha value is -1.39. The summed E-state index contributed by atoms with van der Waals surface area (Å²) in [5.41, 5.74) is 0.139. The molecule has 0 aromatic heterocycles. The van der Waals surface area contributed by atoms with Gasteiger partial charge in [-0.05, 0) is 12.5 Å². The van der Waals surface area contributed by atoms with Gasteiger partial charge in [-0.15, -0.1) is 0 Å². The van der Waals surface area contributed by atoms with Crippen LogP contribution in [0.25, 0.3) is 0 Å². The molecule has 1 rings (SSSR count). The molecule has 2 N–H and O–H groups in total. The second-order valence-electron chi connectivity index (χ2n) is 4.15. The van der Waals surface area contributed by atoms with E-state index in [0.29, 0.717) is 13.0 Å². The van der Waals surface area contributed by atoms with Gasteiger partial charge >= 0.3 is 0 Å². The lowest BCUT2D eigenvalue weighted by atomic mass is 9.93. The zero-order chi connectivity index (χ0) is 12.7. The lowest BCUT2D eigenvalue weighted by molar-refractivity contribution is -0.124. The van der Waals surface area contributed by atoms with Gasteiger partial charge in [0.15, 0.2) is 0 Å². The molecular formula is C13H19NO3. The van der Waals surface area contributed by atoms with Crippen molar-refractivity contribution in [3.05, 3.63) is 35.9 Å². The molecule has 94 valence electrons. The highest BCUT2D eigenvalue weighted by atomic mass is 16.5. The number of amides is 1. The predicted octanol–water partition coefficient (Wildman–Crippen LogP) is 1.05. The second-order valence-corrected chi connectivity index (χ2v) is 4.15. The third-order valence-corrected chi connectivity index (χ3v) is 2.68. The summed E-state index contributed by atoms with van der Waals surface area (Å²) < 4.78 is 4.84. The molecule has 0 fully saturated rings. The van der Waals surface area contributed by atoms with E-state index < -0.39 is 5.54 Å². The molecule has 0 saturated carbocycles. The minimum absolute atomic E-state index is 0.132. The zero-order valence-corrected chi connectivity index (χ0v) is 10.3. The van der Waals surface area contributed by atoms with Crippen LogP contribution in [-0.2, 0) is 15.1 Å². The van der Waals surface area contributed by atoms with Crippen molar-refractivity contribution in [3.63, 3.8) is 0 Å². The van der Waals surface area contributed by atoms with Crippen LogP contribution in [0.1, 0.15) is 18.9 Å². The molecule has 1 atom stereocenters. The van der Waals surface area contributed by atoms with E-state index in [9.17, 15) is 9.90 Å². The molecule has 0 radical (unpaired) electrons. The van der Waals surface area contributed by atoms with E-state index in [0.717, 1.165) is 5.56 Å². The van der Waals surface area contributed by atoms with E-state index in [1.807, 2.05) is 30.3 Å². The minimum atomic E-state index is -0.744. The van der Waals surface area contributed by atoms with Crippen molar-refractivity contribution < 1.29 is 14.6 Å². The Morgan fingerprint density at radius 3 is 2.59 bits per heavy atom. The number of aliphatic hydroxyl groups is 1. The maximum Gasteiger partial charge on any atom is 0.223 e. The Morgan fingerprint density at radius 2 is 2.06 bits per heavy atom. The van der Waals surface area contributed by atoms with Gasteiger partial charge in [0, 0.05) is 13.5 Å². The van der Waals surface area contributed by atoms with E-state index in [2.05, 4.69) is 5.32 Å². The molecule has 1 aromatic rings. The van der Waals surface area contributed by atoms with E-state index in [1.54, 1.807) is 14.0 Å². The summed E-state index contributed by atoms with van der Waals surface area (Å²) in [4.78, 5) is 11.6. The number of aliphatic hydroxyl groups excluding tert-OH is 1. The number of carbonyl (C=O) groups is 1. The lowest BCUT2D eigenvalue weighted by Gasteiger charge is -2.29. The first kappa shape index (κ1) is 13.7. The molecule has 1 amide bonds. The molecule has 0 aliphatic rings. The molecule has 4 nitrogen and oxygen atoms in total. The predicted molar refractivity (Wildman–Crippen MR) is 65.5 cm³/mol. The maximum absolute atomic E-state index is 11.6. The Labute approximate surface area is 102 Å². The SMILES string of the molecule is COCCC(=O)NC(C)(CO)c1ccccc1. The summed E-state index contributed by atoms with van der Waals surface area (Å²) >= 11 is 0. The summed E-state index contributed by atoms with van der Waals surface area (Å²) in [6.45, 7) is 2.03. The summed E-state index contributed by atoms with van der Waals surface area (Å²) in [5, 5.41) is 12.3. The van der Waals surface area contributed by atoms with E-state index in [1.165, 1.54) is 0 Å². The number of ether oxygens (including phenoxy) is 1. The average molecular weight is 237 g/mol. The van der Waals surface area contributed by atoms with Crippen molar-refractivity contribution >= 4 is 5.91 Å². The number of nitrogens with one attached hydrogen (secondary N) is 1. The van der Waals surface area contributed by atoms with Crippen molar-refractivity contribution in [2.45, 2.75) is 18.9 Å². The molecule has 0 saturated heterocycles. The highest BCUT2D eigenvalue weighted by Crippen LogP contribution is 2.19. The lowest BCUT2D eigenvalue weighted by Crippen LogP contribution is -2.46. The number of hydrogen-bond acceptors (Lipinski definition) is 3. The fraction of sp³-hybridized carbons (Fsp3) is 0.462. The van der Waals surface area contributed by atoms with Gasteiger partial charge < -0.3 is 15.2 Å². The normalized spacial score (nSPS) is 14.1. The van der Waals surface area contributed by atoms with Gasteiger partial charge in [-0.2, -0.15) is 0 Å². The van der Waals surface area contributed by atoms with Gasteiger partial charge in [-0.1, -0.05) is 30.3 Å². The first-order valence-corrected chi connectivity index (χ1v) is 5.59. The monoisotopic (exact) mass is 237 g/mol. The first-order valence-electron chi connectivity index (χ1n) is 5.59. The standard InChI is InChI=1S/C13H19NO3/c1-13(10-15,11-6-4-3-5-7-11)14-12(16)8-9-17-2/h3-7,15H,8-10H2,1-2H3,(H,14,16). The molecule has 17 heavy (non-hydrogen) atoms. The van der Waals surface area contributed by atoms with Crippen molar-refractivity contribution in [2.75, 3.05) is 20.3 Å². The van der Waals surface area contributed by atoms with Crippen LogP contribution in [0.15, 0.2) is 30.3 Å². The zero-order valence-electron chi connectivity index (χ0n) is 10.3.